The molecule has 0 saturated carbocycles. The molecule has 1 aromatic rings. The third-order valence-electron chi connectivity index (χ3n) is 10.3. The van der Waals surface area contributed by atoms with E-state index >= 15 is 0 Å². The fraction of sp³-hybridized carbons (Fsp3) is 0.689. The standard InChI is InChI=1S/C45H72O5/c1-8-9-10-13-16-22-35(2)23-17-14-11-12-15-18-29-39(6)44(46)50-43-40(7)45(47)49-42(43)33-38(5)28-20-26-36(3)24-19-25-37(4)27-21-30-41-31-32-48-34-41/h24,27,31-35,38-39H,8-23,25-26,28-30H2,1-7H3/b36-24+,37-27+,42-33-/t35?,38-,39?/m0/s1. The summed E-state index contributed by atoms with van der Waals surface area (Å²) in [6, 6.07) is 2.03. The lowest BCUT2D eigenvalue weighted by Gasteiger charge is -2.14. The molecule has 2 unspecified atom stereocenters. The topological polar surface area (TPSA) is 65.7 Å². The van der Waals surface area contributed by atoms with Gasteiger partial charge >= 0.3 is 11.9 Å². The van der Waals surface area contributed by atoms with Crippen LogP contribution in [0.5, 0.6) is 0 Å². The summed E-state index contributed by atoms with van der Waals surface area (Å²) in [6.07, 6.45) is 35.3. The SMILES string of the molecule is CCCCCCCC(C)CCCCCCCCC(C)C(=O)OC1=C(C)C(=O)O/C1=C\[C@@H](C)CCC/C(C)=C/CC/C(C)=C/CCc1ccoc1. The molecule has 0 fully saturated rings. The quantitative estimate of drug-likeness (QED) is 0.0497. The highest BCUT2D eigenvalue weighted by Gasteiger charge is 2.31. The number of esters is 2. The van der Waals surface area contributed by atoms with Gasteiger partial charge in [-0.25, -0.2) is 4.79 Å². The van der Waals surface area contributed by atoms with Crippen LogP contribution in [0.2, 0.25) is 0 Å². The molecule has 5 nitrogen and oxygen atoms in total. The average Bonchev–Trinajstić information content (AvgIpc) is 3.69. The van der Waals surface area contributed by atoms with Crippen molar-refractivity contribution in [1.82, 2.24) is 0 Å². The zero-order valence-electron chi connectivity index (χ0n) is 33.1. The van der Waals surface area contributed by atoms with Gasteiger partial charge in [0.1, 0.15) is 0 Å². The number of allylic oxidation sites excluding steroid dienone is 5. The third-order valence-corrected chi connectivity index (χ3v) is 10.3. The Balaban J connectivity index is 1.63. The van der Waals surface area contributed by atoms with Crippen LogP contribution in [0.25, 0.3) is 0 Å². The van der Waals surface area contributed by atoms with Crippen molar-refractivity contribution in [2.24, 2.45) is 17.8 Å². The Labute approximate surface area is 306 Å². The molecule has 5 heteroatoms. The molecule has 3 atom stereocenters. The molecule has 2 heterocycles. The lowest BCUT2D eigenvalue weighted by Crippen LogP contribution is -2.15. The van der Waals surface area contributed by atoms with E-state index in [1.165, 1.54) is 87.3 Å². The second-order valence-electron chi connectivity index (χ2n) is 15.4. The van der Waals surface area contributed by atoms with Gasteiger partial charge in [0.25, 0.3) is 0 Å². The van der Waals surface area contributed by atoms with E-state index in [1.54, 1.807) is 13.2 Å². The van der Waals surface area contributed by atoms with Crippen molar-refractivity contribution in [3.63, 3.8) is 0 Å². The van der Waals surface area contributed by atoms with Gasteiger partial charge < -0.3 is 13.9 Å². The molecular weight excluding hydrogens is 620 g/mol. The molecule has 1 aliphatic heterocycles. The van der Waals surface area contributed by atoms with Gasteiger partial charge in [-0.15, -0.1) is 0 Å². The maximum atomic E-state index is 13.0. The predicted octanol–water partition coefficient (Wildman–Crippen LogP) is 13.7. The number of carbonyl (C=O) groups excluding carboxylic acids is 2. The van der Waals surface area contributed by atoms with E-state index in [9.17, 15) is 9.59 Å². The van der Waals surface area contributed by atoms with Crippen LogP contribution in [0.15, 0.2) is 69.5 Å². The molecule has 0 saturated heterocycles. The van der Waals surface area contributed by atoms with Crippen molar-refractivity contribution in [2.45, 2.75) is 183 Å². The van der Waals surface area contributed by atoms with Crippen molar-refractivity contribution < 1.29 is 23.5 Å². The van der Waals surface area contributed by atoms with Gasteiger partial charge in [-0.2, -0.15) is 0 Å². The predicted molar refractivity (Wildman–Crippen MR) is 208 cm³/mol. The van der Waals surface area contributed by atoms with E-state index in [2.05, 4.69) is 46.8 Å². The minimum absolute atomic E-state index is 0.196. The second kappa shape index (κ2) is 26.0. The van der Waals surface area contributed by atoms with E-state index in [0.717, 1.165) is 70.1 Å². The molecule has 0 radical (unpaired) electrons. The number of hydrogen-bond donors (Lipinski definition) is 0. The Morgan fingerprint density at radius 2 is 1.42 bits per heavy atom. The summed E-state index contributed by atoms with van der Waals surface area (Å²) in [5, 5.41) is 0. The number of hydrogen-bond acceptors (Lipinski definition) is 5. The highest BCUT2D eigenvalue weighted by atomic mass is 16.6. The minimum atomic E-state index is -0.426. The first kappa shape index (κ1) is 43.3. The molecule has 0 bridgehead atoms. The van der Waals surface area contributed by atoms with E-state index in [-0.39, 0.29) is 17.8 Å². The average molecular weight is 693 g/mol. The van der Waals surface area contributed by atoms with Gasteiger partial charge in [0.2, 0.25) is 0 Å². The molecule has 0 N–H and O–H groups in total. The Morgan fingerprint density at radius 3 is 2.08 bits per heavy atom. The maximum Gasteiger partial charge on any atom is 0.343 e. The van der Waals surface area contributed by atoms with Crippen molar-refractivity contribution in [3.05, 3.63) is 70.6 Å². The third kappa shape index (κ3) is 19.0. The molecule has 50 heavy (non-hydrogen) atoms. The zero-order chi connectivity index (χ0) is 36.6. The van der Waals surface area contributed by atoms with Gasteiger partial charge in [-0.05, 0) is 102 Å². The van der Waals surface area contributed by atoms with Gasteiger partial charge in [-0.3, -0.25) is 4.79 Å². The minimum Gasteiger partial charge on any atom is -0.472 e. The Bertz CT molecular complexity index is 1210. The molecular formula is C45H72O5. The second-order valence-corrected chi connectivity index (χ2v) is 15.4. The van der Waals surface area contributed by atoms with Gasteiger partial charge in [-0.1, -0.05) is 134 Å². The number of unbranched alkanes of at least 4 members (excludes halogenated alkanes) is 9. The van der Waals surface area contributed by atoms with Crippen LogP contribution in [0, 0.1) is 17.8 Å². The van der Waals surface area contributed by atoms with Crippen LogP contribution in [-0.2, 0) is 25.5 Å². The number of carbonyl (C=O) groups is 2. The summed E-state index contributed by atoms with van der Waals surface area (Å²) in [7, 11) is 0. The van der Waals surface area contributed by atoms with Gasteiger partial charge in [0.15, 0.2) is 11.5 Å². The molecule has 2 rings (SSSR count). The summed E-state index contributed by atoms with van der Waals surface area (Å²) in [4.78, 5) is 25.4. The van der Waals surface area contributed by atoms with Crippen molar-refractivity contribution in [2.75, 3.05) is 0 Å². The van der Waals surface area contributed by atoms with Gasteiger partial charge in [0.05, 0.1) is 24.0 Å². The highest BCUT2D eigenvalue weighted by molar-refractivity contribution is 5.94. The summed E-state index contributed by atoms with van der Waals surface area (Å²) in [5.41, 5.74) is 4.47. The van der Waals surface area contributed by atoms with Crippen molar-refractivity contribution in [1.29, 1.82) is 0 Å². The Kier molecular flexibility index (Phi) is 22.6. The van der Waals surface area contributed by atoms with E-state index in [4.69, 9.17) is 13.9 Å². The molecule has 1 aromatic heterocycles. The molecule has 0 amide bonds. The fourth-order valence-electron chi connectivity index (χ4n) is 6.66. The summed E-state index contributed by atoms with van der Waals surface area (Å²) < 4.78 is 16.5. The molecule has 0 spiro atoms. The van der Waals surface area contributed by atoms with Crippen LogP contribution in [0.3, 0.4) is 0 Å². The Hall–Kier alpha value is -2.82. The first-order valence-electron chi connectivity index (χ1n) is 20.3. The lowest BCUT2D eigenvalue weighted by molar-refractivity contribution is -0.144. The fourth-order valence-corrected chi connectivity index (χ4v) is 6.66. The summed E-state index contributed by atoms with van der Waals surface area (Å²) >= 11 is 0. The maximum absolute atomic E-state index is 13.0. The first-order valence-corrected chi connectivity index (χ1v) is 20.3. The number of furan rings is 1. The zero-order valence-corrected chi connectivity index (χ0v) is 33.1. The monoisotopic (exact) mass is 693 g/mol. The molecule has 0 aromatic carbocycles. The van der Waals surface area contributed by atoms with Crippen LogP contribution in [0.1, 0.15) is 182 Å². The van der Waals surface area contributed by atoms with E-state index in [0.29, 0.717) is 17.1 Å². The highest BCUT2D eigenvalue weighted by Crippen LogP contribution is 2.30. The van der Waals surface area contributed by atoms with Crippen LogP contribution in [0.4, 0.5) is 0 Å². The van der Waals surface area contributed by atoms with Crippen LogP contribution in [-0.4, -0.2) is 11.9 Å². The largest absolute Gasteiger partial charge is 0.472 e. The number of rotatable bonds is 28. The number of aryl methyl sites for hydroxylation is 1. The van der Waals surface area contributed by atoms with E-state index in [1.807, 2.05) is 25.3 Å². The lowest BCUT2D eigenvalue weighted by atomic mass is 9.95. The van der Waals surface area contributed by atoms with Crippen LogP contribution < -0.4 is 0 Å². The Morgan fingerprint density at radius 1 is 0.800 bits per heavy atom. The number of cyclic esters (lactones) is 1. The normalized spacial score (nSPS) is 16.6. The first-order chi connectivity index (χ1) is 24.1. The van der Waals surface area contributed by atoms with Crippen molar-refractivity contribution in [3.8, 4) is 0 Å². The summed E-state index contributed by atoms with van der Waals surface area (Å²) in [5.74, 6) is 0.844. The van der Waals surface area contributed by atoms with Gasteiger partial charge in [0, 0.05) is 0 Å². The summed E-state index contributed by atoms with van der Waals surface area (Å²) in [6.45, 7) is 14.9. The molecule has 1 aliphatic rings. The smallest absolute Gasteiger partial charge is 0.343 e. The van der Waals surface area contributed by atoms with E-state index < -0.39 is 5.97 Å². The number of ether oxygens (including phenoxy) is 2. The molecule has 282 valence electrons. The van der Waals surface area contributed by atoms with Crippen LogP contribution >= 0.6 is 0 Å². The molecule has 0 aliphatic carbocycles. The van der Waals surface area contributed by atoms with Crippen molar-refractivity contribution >= 4 is 11.9 Å².